The van der Waals surface area contributed by atoms with Crippen LogP contribution in [-0.4, -0.2) is 38.2 Å². The van der Waals surface area contributed by atoms with Gasteiger partial charge in [-0.25, -0.2) is 18.7 Å². The SMILES string of the molecule is C[C@@H]1CCc2ncc(F)cc2[C@H]2CCCN2c2ccn3ncc(c3n2)NC(=O)N1. The number of nitrogens with zero attached hydrogens (tertiary/aromatic N) is 5. The van der Waals surface area contributed by atoms with Gasteiger partial charge in [0.2, 0.25) is 0 Å². The molecule has 0 saturated carbocycles. The van der Waals surface area contributed by atoms with Crippen LogP contribution in [0.25, 0.3) is 5.65 Å². The van der Waals surface area contributed by atoms with Crippen molar-refractivity contribution in [3.63, 3.8) is 0 Å². The molecule has 3 aromatic rings. The minimum atomic E-state index is -0.330. The molecule has 1 saturated heterocycles. The third kappa shape index (κ3) is 3.26. The van der Waals surface area contributed by atoms with Gasteiger partial charge in [-0.1, -0.05) is 0 Å². The van der Waals surface area contributed by atoms with Gasteiger partial charge in [0.25, 0.3) is 0 Å². The summed E-state index contributed by atoms with van der Waals surface area (Å²) in [5.41, 5.74) is 2.91. The topological polar surface area (TPSA) is 87.5 Å². The van der Waals surface area contributed by atoms with E-state index in [2.05, 4.69) is 25.6 Å². The summed E-state index contributed by atoms with van der Waals surface area (Å²) in [5, 5.41) is 10.1. The number of urea groups is 1. The van der Waals surface area contributed by atoms with E-state index in [1.807, 2.05) is 19.2 Å². The fourth-order valence-electron chi connectivity index (χ4n) is 4.26. The predicted molar refractivity (Wildman–Crippen MR) is 106 cm³/mol. The Hall–Kier alpha value is -3.23. The summed E-state index contributed by atoms with van der Waals surface area (Å²) in [4.78, 5) is 23.8. The molecular weight excluding hydrogens is 373 g/mol. The molecule has 2 atom stereocenters. The highest BCUT2D eigenvalue weighted by molar-refractivity contribution is 5.93. The molecule has 0 aromatic carbocycles. The number of nitrogens with one attached hydrogen (secondary N) is 2. The van der Waals surface area contributed by atoms with Gasteiger partial charge in [0.05, 0.1) is 18.4 Å². The van der Waals surface area contributed by atoms with Crippen LogP contribution in [0.5, 0.6) is 0 Å². The molecule has 2 aliphatic heterocycles. The number of carbonyl (C=O) groups is 1. The number of pyridine rings is 1. The number of fused-ring (bicyclic) bond motifs is 5. The molecule has 2 N–H and O–H groups in total. The Morgan fingerprint density at radius 2 is 2.17 bits per heavy atom. The third-order valence-electron chi connectivity index (χ3n) is 5.67. The zero-order valence-electron chi connectivity index (χ0n) is 16.1. The van der Waals surface area contributed by atoms with Gasteiger partial charge in [0.15, 0.2) is 5.65 Å². The van der Waals surface area contributed by atoms with Crippen LogP contribution in [-0.2, 0) is 6.42 Å². The van der Waals surface area contributed by atoms with Crippen LogP contribution < -0.4 is 15.5 Å². The summed E-state index contributed by atoms with van der Waals surface area (Å²) < 4.78 is 15.7. The van der Waals surface area contributed by atoms with Gasteiger partial charge in [-0.3, -0.25) is 4.98 Å². The summed E-state index contributed by atoms with van der Waals surface area (Å²) >= 11 is 0. The monoisotopic (exact) mass is 395 g/mol. The maximum Gasteiger partial charge on any atom is 0.319 e. The average Bonchev–Trinajstić information content (AvgIpc) is 3.33. The van der Waals surface area contributed by atoms with Crippen LogP contribution in [0.2, 0.25) is 0 Å². The number of hydrogen-bond donors (Lipinski definition) is 2. The molecule has 29 heavy (non-hydrogen) atoms. The number of halogens is 1. The Morgan fingerprint density at radius 3 is 3.07 bits per heavy atom. The Kier molecular flexibility index (Phi) is 4.30. The standard InChI is InChI=1S/C20H22FN7O/c1-12-4-5-15-14(9-13(21)10-22-15)17-3-2-7-27(17)18-6-8-28-19(26-18)16(11-23-28)25-20(29)24-12/h6,8-12,17H,2-5,7H2,1H3,(H2,24,25,29)/t12-,17-/m1/s1. The minimum Gasteiger partial charge on any atom is -0.349 e. The largest absolute Gasteiger partial charge is 0.349 e. The molecule has 0 radical (unpaired) electrons. The first kappa shape index (κ1) is 17.8. The Labute approximate surface area is 167 Å². The Balaban J connectivity index is 1.65. The third-order valence-corrected chi connectivity index (χ3v) is 5.67. The molecule has 2 aliphatic rings. The quantitative estimate of drug-likeness (QED) is 0.611. The van der Waals surface area contributed by atoms with E-state index in [1.165, 1.54) is 6.20 Å². The van der Waals surface area contributed by atoms with Crippen molar-refractivity contribution in [3.05, 3.63) is 47.8 Å². The van der Waals surface area contributed by atoms with Gasteiger partial charge in [0, 0.05) is 24.5 Å². The second-order valence-corrected chi connectivity index (χ2v) is 7.69. The van der Waals surface area contributed by atoms with Crippen molar-refractivity contribution in [2.45, 2.75) is 44.7 Å². The molecule has 5 rings (SSSR count). The van der Waals surface area contributed by atoms with E-state index >= 15 is 0 Å². The maximum atomic E-state index is 14.1. The van der Waals surface area contributed by atoms with Crippen molar-refractivity contribution >= 4 is 23.2 Å². The van der Waals surface area contributed by atoms with E-state index in [4.69, 9.17) is 4.98 Å². The van der Waals surface area contributed by atoms with E-state index < -0.39 is 0 Å². The summed E-state index contributed by atoms with van der Waals surface area (Å²) in [5.74, 6) is 0.452. The van der Waals surface area contributed by atoms with Crippen LogP contribution in [0.1, 0.15) is 43.5 Å². The molecule has 5 heterocycles. The van der Waals surface area contributed by atoms with Gasteiger partial charge in [0.1, 0.15) is 17.3 Å². The molecule has 150 valence electrons. The van der Waals surface area contributed by atoms with Crippen molar-refractivity contribution in [2.75, 3.05) is 16.8 Å². The number of rotatable bonds is 0. The van der Waals surface area contributed by atoms with Crippen LogP contribution in [0, 0.1) is 5.82 Å². The molecule has 0 aliphatic carbocycles. The lowest BCUT2D eigenvalue weighted by molar-refractivity contribution is 0.248. The fourth-order valence-corrected chi connectivity index (χ4v) is 4.26. The number of anilines is 2. The summed E-state index contributed by atoms with van der Waals surface area (Å²) in [7, 11) is 0. The molecule has 0 spiro atoms. The van der Waals surface area contributed by atoms with Crippen molar-refractivity contribution in [1.82, 2.24) is 24.9 Å². The van der Waals surface area contributed by atoms with E-state index in [1.54, 1.807) is 16.8 Å². The first-order chi connectivity index (χ1) is 14.1. The normalized spacial score (nSPS) is 22.0. The molecule has 3 aromatic heterocycles. The minimum absolute atomic E-state index is 0.0234. The average molecular weight is 395 g/mol. The number of aryl methyl sites for hydroxylation is 1. The lowest BCUT2D eigenvalue weighted by atomic mass is 9.98. The first-order valence-electron chi connectivity index (χ1n) is 9.91. The van der Waals surface area contributed by atoms with Crippen molar-refractivity contribution in [1.29, 1.82) is 0 Å². The highest BCUT2D eigenvalue weighted by Crippen LogP contribution is 2.37. The highest BCUT2D eigenvalue weighted by atomic mass is 19.1. The number of amides is 2. The van der Waals surface area contributed by atoms with Gasteiger partial charge in [-0.05, 0) is 50.3 Å². The molecule has 0 unspecified atom stereocenters. The second kappa shape index (κ2) is 6.98. The number of carbonyl (C=O) groups excluding carboxylic acids is 1. The van der Waals surface area contributed by atoms with Gasteiger partial charge in [-0.2, -0.15) is 5.10 Å². The Morgan fingerprint density at radius 1 is 1.28 bits per heavy atom. The molecular formula is C20H22FN7O. The molecule has 8 nitrogen and oxygen atoms in total. The zero-order chi connectivity index (χ0) is 20.0. The fraction of sp³-hybridized carbons (Fsp3) is 0.400. The van der Waals surface area contributed by atoms with Crippen molar-refractivity contribution in [2.24, 2.45) is 0 Å². The van der Waals surface area contributed by atoms with Crippen LogP contribution in [0.15, 0.2) is 30.7 Å². The van der Waals surface area contributed by atoms with Crippen molar-refractivity contribution in [3.8, 4) is 0 Å². The van der Waals surface area contributed by atoms with Gasteiger partial charge < -0.3 is 15.5 Å². The summed E-state index contributed by atoms with van der Waals surface area (Å²) in [6, 6.07) is 3.16. The van der Waals surface area contributed by atoms with Crippen LogP contribution in [0.4, 0.5) is 20.7 Å². The van der Waals surface area contributed by atoms with Crippen molar-refractivity contribution < 1.29 is 9.18 Å². The smallest absolute Gasteiger partial charge is 0.319 e. The molecule has 2 amide bonds. The maximum absolute atomic E-state index is 14.1. The Bertz CT molecular complexity index is 1080. The highest BCUT2D eigenvalue weighted by Gasteiger charge is 2.30. The predicted octanol–water partition coefficient (Wildman–Crippen LogP) is 3.06. The van der Waals surface area contributed by atoms with Crippen LogP contribution >= 0.6 is 0 Å². The lowest BCUT2D eigenvalue weighted by Gasteiger charge is -2.28. The van der Waals surface area contributed by atoms with E-state index in [-0.39, 0.29) is 23.9 Å². The lowest BCUT2D eigenvalue weighted by Crippen LogP contribution is -2.36. The summed E-state index contributed by atoms with van der Waals surface area (Å²) in [6.07, 6.45) is 7.98. The number of hydrogen-bond acceptors (Lipinski definition) is 5. The molecule has 1 fully saturated rings. The second-order valence-electron chi connectivity index (χ2n) is 7.69. The number of aromatic nitrogens is 4. The molecule has 2 bridgehead atoms. The molecule has 9 heteroatoms. The van der Waals surface area contributed by atoms with E-state index in [9.17, 15) is 9.18 Å². The van der Waals surface area contributed by atoms with Gasteiger partial charge in [-0.15, -0.1) is 0 Å². The zero-order valence-corrected chi connectivity index (χ0v) is 16.1. The van der Waals surface area contributed by atoms with E-state index in [0.29, 0.717) is 24.2 Å². The summed E-state index contributed by atoms with van der Waals surface area (Å²) in [6.45, 7) is 2.78. The van der Waals surface area contributed by atoms with Gasteiger partial charge >= 0.3 is 6.03 Å². The van der Waals surface area contributed by atoms with E-state index in [0.717, 1.165) is 36.5 Å². The van der Waals surface area contributed by atoms with Crippen LogP contribution in [0.3, 0.4) is 0 Å². The first-order valence-corrected chi connectivity index (χ1v) is 9.91.